The molecule has 0 aliphatic carbocycles. The zero-order valence-corrected chi connectivity index (χ0v) is 6.87. The molecule has 0 aliphatic rings. The summed E-state index contributed by atoms with van der Waals surface area (Å²) in [5.41, 5.74) is 0.995. The lowest BCUT2D eigenvalue weighted by Crippen LogP contribution is -1.84. The SMILES string of the molecule is [2H]c1cc(C(C)C)cc([2H])c1Cl. The Hall–Kier alpha value is -0.490. The van der Waals surface area contributed by atoms with E-state index in [9.17, 15) is 0 Å². The van der Waals surface area contributed by atoms with Crippen molar-refractivity contribution in [2.75, 3.05) is 0 Å². The highest BCUT2D eigenvalue weighted by molar-refractivity contribution is 6.30. The first-order chi connectivity index (χ1) is 5.52. The predicted molar refractivity (Wildman–Crippen MR) is 45.5 cm³/mol. The summed E-state index contributed by atoms with van der Waals surface area (Å²) in [5, 5.41) is 0.236. The summed E-state index contributed by atoms with van der Waals surface area (Å²) in [4.78, 5) is 0. The first-order valence-electron chi connectivity index (χ1n) is 4.29. The van der Waals surface area contributed by atoms with Gasteiger partial charge in [-0.25, -0.2) is 0 Å². The van der Waals surface area contributed by atoms with E-state index in [4.69, 9.17) is 14.3 Å². The lowest BCUT2D eigenvalue weighted by molar-refractivity contribution is 0.867. The molecule has 0 aliphatic heterocycles. The Morgan fingerprint density at radius 1 is 1.40 bits per heavy atom. The van der Waals surface area contributed by atoms with Crippen LogP contribution in [0.25, 0.3) is 0 Å². The maximum Gasteiger partial charge on any atom is 0.0639 e. The summed E-state index contributed by atoms with van der Waals surface area (Å²) >= 11 is 5.68. The molecule has 0 unspecified atom stereocenters. The van der Waals surface area contributed by atoms with E-state index in [1.54, 1.807) is 12.1 Å². The van der Waals surface area contributed by atoms with Gasteiger partial charge in [0.25, 0.3) is 0 Å². The molecular formula is C9H11Cl. The molecular weight excluding hydrogens is 144 g/mol. The quantitative estimate of drug-likeness (QED) is 0.584. The van der Waals surface area contributed by atoms with Crippen molar-refractivity contribution in [1.29, 1.82) is 0 Å². The molecule has 1 aromatic carbocycles. The van der Waals surface area contributed by atoms with Crippen LogP contribution in [0.5, 0.6) is 0 Å². The summed E-state index contributed by atoms with van der Waals surface area (Å²) in [6.45, 7) is 4.06. The second kappa shape index (κ2) is 3.07. The van der Waals surface area contributed by atoms with Gasteiger partial charge in [-0.2, -0.15) is 0 Å². The van der Waals surface area contributed by atoms with Crippen LogP contribution >= 0.6 is 11.6 Å². The molecule has 1 heteroatoms. The smallest absolute Gasteiger partial charge is 0.0639 e. The average Bonchev–Trinajstić information content (AvgIpc) is 1.99. The number of benzene rings is 1. The van der Waals surface area contributed by atoms with Crippen molar-refractivity contribution in [3.05, 3.63) is 34.8 Å². The molecule has 0 N–H and O–H groups in total. The fourth-order valence-electron chi connectivity index (χ4n) is 0.710. The van der Waals surface area contributed by atoms with Gasteiger partial charge in [-0.05, 0) is 23.6 Å². The molecule has 54 valence electrons. The molecule has 0 spiro atoms. The van der Waals surface area contributed by atoms with Gasteiger partial charge in [0.05, 0.1) is 2.74 Å². The van der Waals surface area contributed by atoms with E-state index in [1.807, 2.05) is 13.8 Å². The lowest BCUT2D eigenvalue weighted by atomic mass is 10.0. The third-order valence-corrected chi connectivity index (χ3v) is 1.62. The van der Waals surface area contributed by atoms with Crippen LogP contribution in [-0.2, 0) is 0 Å². The summed E-state index contributed by atoms with van der Waals surface area (Å²) in [6, 6.07) is 3.91. The minimum Gasteiger partial charge on any atom is -0.0843 e. The van der Waals surface area contributed by atoms with Gasteiger partial charge in [0.1, 0.15) is 0 Å². The van der Waals surface area contributed by atoms with Crippen LogP contribution in [0.2, 0.25) is 5.02 Å². The molecule has 0 saturated carbocycles. The molecule has 0 heterocycles. The van der Waals surface area contributed by atoms with Gasteiger partial charge < -0.3 is 0 Å². The van der Waals surface area contributed by atoms with E-state index in [0.717, 1.165) is 5.56 Å². The summed E-state index contributed by atoms with van der Waals surface area (Å²) in [7, 11) is 0. The Bertz CT molecular complexity index is 272. The van der Waals surface area contributed by atoms with Gasteiger partial charge in [0, 0.05) is 5.02 Å². The minimum absolute atomic E-state index is 0.236. The maximum absolute atomic E-state index is 7.44. The Labute approximate surface area is 69.6 Å². The Balaban J connectivity index is 3.21. The van der Waals surface area contributed by atoms with Crippen molar-refractivity contribution in [3.63, 3.8) is 0 Å². The zero-order valence-electron chi connectivity index (χ0n) is 8.11. The van der Waals surface area contributed by atoms with E-state index in [1.165, 1.54) is 0 Å². The van der Waals surface area contributed by atoms with E-state index in [-0.39, 0.29) is 17.1 Å². The number of hydrogen-bond acceptors (Lipinski definition) is 0. The van der Waals surface area contributed by atoms with Crippen molar-refractivity contribution in [1.82, 2.24) is 0 Å². The van der Waals surface area contributed by atoms with Crippen molar-refractivity contribution in [2.24, 2.45) is 0 Å². The third-order valence-electron chi connectivity index (χ3n) is 1.40. The van der Waals surface area contributed by atoms with E-state index in [2.05, 4.69) is 0 Å². The summed E-state index contributed by atoms with van der Waals surface area (Å²) in [5.74, 6) is 0.343. The minimum atomic E-state index is 0.236. The molecule has 1 aromatic rings. The van der Waals surface area contributed by atoms with Crippen LogP contribution in [0.1, 0.15) is 28.1 Å². The zero-order chi connectivity index (χ0) is 9.30. The molecule has 0 amide bonds. The monoisotopic (exact) mass is 156 g/mol. The number of hydrogen-bond donors (Lipinski definition) is 0. The first-order valence-corrected chi connectivity index (χ1v) is 3.67. The molecule has 0 saturated heterocycles. The highest BCUT2D eigenvalue weighted by atomic mass is 35.5. The van der Waals surface area contributed by atoms with Crippen molar-refractivity contribution in [2.45, 2.75) is 19.8 Å². The van der Waals surface area contributed by atoms with Crippen molar-refractivity contribution in [3.8, 4) is 0 Å². The molecule has 0 aromatic heterocycles. The van der Waals surface area contributed by atoms with Gasteiger partial charge >= 0.3 is 0 Å². The Morgan fingerprint density at radius 2 is 1.90 bits per heavy atom. The molecule has 0 bridgehead atoms. The van der Waals surface area contributed by atoms with Gasteiger partial charge in [-0.15, -0.1) is 0 Å². The molecule has 0 nitrogen and oxygen atoms in total. The molecule has 10 heavy (non-hydrogen) atoms. The fraction of sp³-hybridized carbons (Fsp3) is 0.333. The topological polar surface area (TPSA) is 0 Å². The molecule has 0 fully saturated rings. The van der Waals surface area contributed by atoms with Crippen LogP contribution in [0.15, 0.2) is 24.2 Å². The molecule has 1 rings (SSSR count). The van der Waals surface area contributed by atoms with Crippen LogP contribution in [0.3, 0.4) is 0 Å². The van der Waals surface area contributed by atoms with Gasteiger partial charge in [0.2, 0.25) is 0 Å². The van der Waals surface area contributed by atoms with Crippen LogP contribution < -0.4 is 0 Å². The van der Waals surface area contributed by atoms with Crippen LogP contribution in [-0.4, -0.2) is 0 Å². The first kappa shape index (κ1) is 5.20. The maximum atomic E-state index is 7.44. The van der Waals surface area contributed by atoms with Crippen LogP contribution in [0.4, 0.5) is 0 Å². The third kappa shape index (κ3) is 1.74. The van der Waals surface area contributed by atoms with Gasteiger partial charge in [-0.3, -0.25) is 0 Å². The average molecular weight is 157 g/mol. The molecule has 0 radical (unpaired) electrons. The largest absolute Gasteiger partial charge is 0.0843 e. The van der Waals surface area contributed by atoms with Crippen LogP contribution in [0, 0.1) is 0 Å². The van der Waals surface area contributed by atoms with E-state index >= 15 is 0 Å². The summed E-state index contributed by atoms with van der Waals surface area (Å²) in [6.07, 6.45) is 0. The normalized spacial score (nSPS) is 13.2. The fourth-order valence-corrected chi connectivity index (χ4v) is 0.819. The highest BCUT2D eigenvalue weighted by Gasteiger charge is 1.96. The predicted octanol–water partition coefficient (Wildman–Crippen LogP) is 3.46. The Kier molecular flexibility index (Phi) is 1.59. The lowest BCUT2D eigenvalue weighted by Gasteiger charge is -2.03. The number of halogens is 1. The van der Waals surface area contributed by atoms with E-state index < -0.39 is 0 Å². The number of rotatable bonds is 1. The second-order valence-electron chi connectivity index (χ2n) is 2.55. The Morgan fingerprint density at radius 3 is 2.30 bits per heavy atom. The van der Waals surface area contributed by atoms with Crippen molar-refractivity contribution < 1.29 is 2.74 Å². The standard InChI is InChI=1S/C9H11Cl/c1-7(2)8-3-5-9(10)6-4-8/h3-7H,1-2H3/i5D,6D. The van der Waals surface area contributed by atoms with Gasteiger partial charge in [-0.1, -0.05) is 37.6 Å². The molecule has 0 atom stereocenters. The summed E-state index contributed by atoms with van der Waals surface area (Å²) < 4.78 is 14.9. The second-order valence-corrected chi connectivity index (χ2v) is 2.92. The van der Waals surface area contributed by atoms with Crippen molar-refractivity contribution >= 4 is 11.6 Å². The highest BCUT2D eigenvalue weighted by Crippen LogP contribution is 2.16. The van der Waals surface area contributed by atoms with Gasteiger partial charge in [0.15, 0.2) is 0 Å². The van der Waals surface area contributed by atoms with E-state index in [0.29, 0.717) is 5.92 Å².